The van der Waals surface area contributed by atoms with Gasteiger partial charge in [-0.1, -0.05) is 39.8 Å². The smallest absolute Gasteiger partial charge is 0.122 e. The van der Waals surface area contributed by atoms with Crippen LogP contribution in [0, 0.1) is 5.92 Å². The zero-order chi connectivity index (χ0) is 11.2. The van der Waals surface area contributed by atoms with Crippen molar-refractivity contribution in [3.63, 3.8) is 0 Å². The summed E-state index contributed by atoms with van der Waals surface area (Å²) in [5, 5.41) is 0. The molecule has 0 saturated carbocycles. The summed E-state index contributed by atoms with van der Waals surface area (Å²) in [7, 11) is 1.76. The standard InChI is InChI=1S/C14H20O/c1-9-10(2)14(3,4)11-7-6-8-12(15-5)13(9)11/h6-10H,1-5H3/t9-,10-/m1/s1. The van der Waals surface area contributed by atoms with Gasteiger partial charge in [0.25, 0.3) is 0 Å². The van der Waals surface area contributed by atoms with Gasteiger partial charge < -0.3 is 4.74 Å². The second-order valence-corrected chi connectivity index (χ2v) is 5.22. The molecular weight excluding hydrogens is 184 g/mol. The van der Waals surface area contributed by atoms with Gasteiger partial charge in [-0.3, -0.25) is 0 Å². The van der Waals surface area contributed by atoms with Crippen LogP contribution in [0.15, 0.2) is 18.2 Å². The molecule has 2 atom stereocenters. The summed E-state index contributed by atoms with van der Waals surface area (Å²) in [6, 6.07) is 6.42. The fraction of sp³-hybridized carbons (Fsp3) is 0.571. The molecule has 0 radical (unpaired) electrons. The van der Waals surface area contributed by atoms with Crippen molar-refractivity contribution in [2.24, 2.45) is 5.92 Å². The topological polar surface area (TPSA) is 9.23 Å². The minimum atomic E-state index is 0.267. The maximum Gasteiger partial charge on any atom is 0.122 e. The Balaban J connectivity index is 2.65. The normalized spacial score (nSPS) is 27.5. The lowest BCUT2D eigenvalue weighted by atomic mass is 9.78. The van der Waals surface area contributed by atoms with Crippen LogP contribution in [0.2, 0.25) is 0 Å². The summed E-state index contributed by atoms with van der Waals surface area (Å²) in [6.07, 6.45) is 0. The molecule has 0 spiro atoms. The number of methoxy groups -OCH3 is 1. The Morgan fingerprint density at radius 1 is 1.20 bits per heavy atom. The molecule has 2 rings (SSSR count). The molecule has 82 valence electrons. The third-order valence-corrected chi connectivity index (χ3v) is 4.32. The second-order valence-electron chi connectivity index (χ2n) is 5.22. The third kappa shape index (κ3) is 1.29. The maximum atomic E-state index is 5.47. The van der Waals surface area contributed by atoms with E-state index in [-0.39, 0.29) is 5.41 Å². The number of rotatable bonds is 1. The highest BCUT2D eigenvalue weighted by atomic mass is 16.5. The van der Waals surface area contributed by atoms with Crippen LogP contribution in [0.5, 0.6) is 5.75 Å². The number of hydrogen-bond donors (Lipinski definition) is 0. The molecule has 1 nitrogen and oxygen atoms in total. The molecule has 0 amide bonds. The third-order valence-electron chi connectivity index (χ3n) is 4.32. The first-order valence-electron chi connectivity index (χ1n) is 5.67. The van der Waals surface area contributed by atoms with Crippen LogP contribution in [0.25, 0.3) is 0 Å². The first-order valence-corrected chi connectivity index (χ1v) is 5.67. The second kappa shape index (κ2) is 3.26. The van der Waals surface area contributed by atoms with Crippen molar-refractivity contribution in [1.82, 2.24) is 0 Å². The van der Waals surface area contributed by atoms with Crippen molar-refractivity contribution < 1.29 is 4.74 Å². The van der Waals surface area contributed by atoms with Gasteiger partial charge in [-0.05, 0) is 28.9 Å². The predicted molar refractivity (Wildman–Crippen MR) is 63.6 cm³/mol. The van der Waals surface area contributed by atoms with Crippen molar-refractivity contribution in [3.05, 3.63) is 29.3 Å². The molecular formula is C14H20O. The van der Waals surface area contributed by atoms with Gasteiger partial charge in [0, 0.05) is 5.56 Å². The monoisotopic (exact) mass is 204 g/mol. The van der Waals surface area contributed by atoms with E-state index >= 15 is 0 Å². The molecule has 0 aliphatic heterocycles. The van der Waals surface area contributed by atoms with E-state index in [2.05, 4.69) is 45.9 Å². The number of fused-ring (bicyclic) bond motifs is 1. The van der Waals surface area contributed by atoms with Crippen molar-refractivity contribution in [2.75, 3.05) is 7.11 Å². The molecule has 0 N–H and O–H groups in total. The quantitative estimate of drug-likeness (QED) is 0.677. The summed E-state index contributed by atoms with van der Waals surface area (Å²) >= 11 is 0. The summed E-state index contributed by atoms with van der Waals surface area (Å²) in [4.78, 5) is 0. The molecule has 1 aromatic rings. The molecule has 0 heterocycles. The first-order chi connectivity index (χ1) is 7.00. The van der Waals surface area contributed by atoms with Crippen LogP contribution in [0.1, 0.15) is 44.7 Å². The number of hydrogen-bond acceptors (Lipinski definition) is 1. The van der Waals surface area contributed by atoms with E-state index in [1.165, 1.54) is 11.1 Å². The summed E-state index contributed by atoms with van der Waals surface area (Å²) in [6.45, 7) is 9.31. The fourth-order valence-corrected chi connectivity index (χ4v) is 2.87. The number of benzene rings is 1. The van der Waals surface area contributed by atoms with Crippen LogP contribution < -0.4 is 4.74 Å². The Morgan fingerprint density at radius 3 is 2.47 bits per heavy atom. The van der Waals surface area contributed by atoms with Crippen molar-refractivity contribution in [3.8, 4) is 5.75 Å². The molecule has 0 bridgehead atoms. The van der Waals surface area contributed by atoms with Crippen molar-refractivity contribution in [1.29, 1.82) is 0 Å². The minimum Gasteiger partial charge on any atom is -0.496 e. The average molecular weight is 204 g/mol. The predicted octanol–water partition coefficient (Wildman–Crippen LogP) is 3.73. The molecule has 1 heteroatoms. The van der Waals surface area contributed by atoms with Gasteiger partial charge in [-0.25, -0.2) is 0 Å². The van der Waals surface area contributed by atoms with E-state index in [1.807, 2.05) is 0 Å². The van der Waals surface area contributed by atoms with Gasteiger partial charge in [0.2, 0.25) is 0 Å². The van der Waals surface area contributed by atoms with E-state index in [0.717, 1.165) is 5.75 Å². The van der Waals surface area contributed by atoms with Crippen LogP contribution in [0.3, 0.4) is 0 Å². The van der Waals surface area contributed by atoms with Crippen LogP contribution in [-0.2, 0) is 5.41 Å². The Labute approximate surface area is 92.5 Å². The largest absolute Gasteiger partial charge is 0.496 e. The Hall–Kier alpha value is -0.980. The summed E-state index contributed by atoms with van der Waals surface area (Å²) < 4.78 is 5.47. The first kappa shape index (κ1) is 10.5. The summed E-state index contributed by atoms with van der Waals surface area (Å²) in [5.41, 5.74) is 3.14. The summed E-state index contributed by atoms with van der Waals surface area (Å²) in [5.74, 6) is 2.31. The SMILES string of the molecule is COc1cccc2c1[C@H](C)[C@@H](C)C2(C)C. The molecule has 0 unspecified atom stereocenters. The lowest BCUT2D eigenvalue weighted by Crippen LogP contribution is -2.22. The lowest BCUT2D eigenvalue weighted by molar-refractivity contribution is 0.339. The minimum absolute atomic E-state index is 0.267. The lowest BCUT2D eigenvalue weighted by Gasteiger charge is -2.26. The Morgan fingerprint density at radius 2 is 1.87 bits per heavy atom. The highest BCUT2D eigenvalue weighted by Gasteiger charge is 2.42. The van der Waals surface area contributed by atoms with E-state index in [0.29, 0.717) is 11.8 Å². The maximum absolute atomic E-state index is 5.47. The van der Waals surface area contributed by atoms with Crippen LogP contribution in [0.4, 0.5) is 0 Å². The zero-order valence-electron chi connectivity index (χ0n) is 10.3. The van der Waals surface area contributed by atoms with E-state index < -0.39 is 0 Å². The van der Waals surface area contributed by atoms with Gasteiger partial charge in [-0.15, -0.1) is 0 Å². The fourth-order valence-electron chi connectivity index (χ4n) is 2.87. The highest BCUT2D eigenvalue weighted by molar-refractivity contribution is 5.50. The average Bonchev–Trinajstić information content (AvgIpc) is 2.41. The van der Waals surface area contributed by atoms with Crippen molar-refractivity contribution in [2.45, 2.75) is 39.0 Å². The Kier molecular flexibility index (Phi) is 2.29. The van der Waals surface area contributed by atoms with Gasteiger partial charge in [-0.2, -0.15) is 0 Å². The van der Waals surface area contributed by atoms with E-state index in [4.69, 9.17) is 4.74 Å². The molecule has 1 aliphatic carbocycles. The Bertz CT molecular complexity index is 379. The van der Waals surface area contributed by atoms with Gasteiger partial charge in [0.1, 0.15) is 5.75 Å². The molecule has 0 saturated heterocycles. The molecule has 15 heavy (non-hydrogen) atoms. The van der Waals surface area contributed by atoms with E-state index in [1.54, 1.807) is 7.11 Å². The molecule has 0 aromatic heterocycles. The molecule has 1 aromatic carbocycles. The molecule has 1 aliphatic rings. The number of ether oxygens (including phenoxy) is 1. The van der Waals surface area contributed by atoms with Crippen LogP contribution >= 0.6 is 0 Å². The van der Waals surface area contributed by atoms with Gasteiger partial charge in [0.15, 0.2) is 0 Å². The van der Waals surface area contributed by atoms with Gasteiger partial charge >= 0.3 is 0 Å². The highest BCUT2D eigenvalue weighted by Crippen LogP contribution is 2.52. The molecule has 0 fully saturated rings. The van der Waals surface area contributed by atoms with Gasteiger partial charge in [0.05, 0.1) is 7.11 Å². The van der Waals surface area contributed by atoms with Crippen molar-refractivity contribution >= 4 is 0 Å². The van der Waals surface area contributed by atoms with E-state index in [9.17, 15) is 0 Å². The van der Waals surface area contributed by atoms with Crippen LogP contribution in [-0.4, -0.2) is 7.11 Å². The zero-order valence-corrected chi connectivity index (χ0v) is 10.3.